The summed E-state index contributed by atoms with van der Waals surface area (Å²) in [6.45, 7) is 4.26. The zero-order chi connectivity index (χ0) is 11.4. The maximum absolute atomic E-state index is 9.93. The van der Waals surface area contributed by atoms with E-state index in [9.17, 15) is 5.11 Å². The summed E-state index contributed by atoms with van der Waals surface area (Å²) in [6.07, 6.45) is 1.18. The third kappa shape index (κ3) is 3.67. The van der Waals surface area contributed by atoms with Gasteiger partial charge < -0.3 is 5.11 Å². The van der Waals surface area contributed by atoms with E-state index in [-0.39, 0.29) is 0 Å². The van der Waals surface area contributed by atoms with E-state index in [1.165, 1.54) is 0 Å². The third-order valence-corrected chi connectivity index (χ3v) is 3.19. The number of hydrogen-bond acceptors (Lipinski definition) is 1. The number of benzene rings is 1. The van der Waals surface area contributed by atoms with Gasteiger partial charge in [-0.1, -0.05) is 49.2 Å². The highest BCUT2D eigenvalue weighted by atomic mass is 35.5. The molecular formula is C12H16Cl2O. The molecular weight excluding hydrogens is 231 g/mol. The highest BCUT2D eigenvalue weighted by Crippen LogP contribution is 2.32. The molecule has 0 bridgehead atoms. The Bertz CT molecular complexity index is 323. The highest BCUT2D eigenvalue weighted by molar-refractivity contribution is 6.42. The molecule has 0 saturated heterocycles. The Morgan fingerprint density at radius 2 is 1.87 bits per heavy atom. The van der Waals surface area contributed by atoms with E-state index in [1.807, 2.05) is 12.1 Å². The van der Waals surface area contributed by atoms with Gasteiger partial charge in [-0.05, 0) is 24.8 Å². The van der Waals surface area contributed by atoms with Crippen molar-refractivity contribution in [2.45, 2.75) is 32.8 Å². The Balaban J connectivity index is 2.73. The molecule has 0 spiro atoms. The fraction of sp³-hybridized carbons (Fsp3) is 0.500. The predicted molar refractivity (Wildman–Crippen MR) is 65.5 cm³/mol. The van der Waals surface area contributed by atoms with Crippen molar-refractivity contribution in [1.82, 2.24) is 0 Å². The first-order valence-electron chi connectivity index (χ1n) is 5.14. The van der Waals surface area contributed by atoms with E-state index in [0.29, 0.717) is 16.0 Å². The molecule has 0 aliphatic rings. The van der Waals surface area contributed by atoms with Crippen molar-refractivity contribution < 1.29 is 5.11 Å². The molecule has 84 valence electrons. The van der Waals surface area contributed by atoms with E-state index in [1.54, 1.807) is 6.07 Å². The van der Waals surface area contributed by atoms with Crippen LogP contribution < -0.4 is 0 Å². The van der Waals surface area contributed by atoms with Crippen LogP contribution in [0.1, 0.15) is 38.4 Å². The third-order valence-electron chi connectivity index (χ3n) is 2.36. The number of hydrogen-bond donors (Lipinski definition) is 1. The molecule has 1 rings (SSSR count). The number of aliphatic hydroxyl groups is 1. The predicted octanol–water partition coefficient (Wildman–Crippen LogP) is 4.46. The lowest BCUT2D eigenvalue weighted by molar-refractivity contribution is 0.159. The summed E-state index contributed by atoms with van der Waals surface area (Å²) in [5.74, 6) is 0.581. The van der Waals surface area contributed by atoms with Crippen molar-refractivity contribution in [2.24, 2.45) is 5.92 Å². The monoisotopic (exact) mass is 246 g/mol. The molecule has 0 amide bonds. The molecule has 1 unspecified atom stereocenters. The van der Waals surface area contributed by atoms with Crippen molar-refractivity contribution in [3.8, 4) is 0 Å². The molecule has 0 radical (unpaired) electrons. The summed E-state index contributed by atoms with van der Waals surface area (Å²) in [7, 11) is 0. The summed E-state index contributed by atoms with van der Waals surface area (Å²) in [5.41, 5.74) is 0.727. The maximum Gasteiger partial charge on any atom is 0.0805 e. The molecule has 1 aromatic rings. The lowest BCUT2D eigenvalue weighted by Crippen LogP contribution is -2.00. The lowest BCUT2D eigenvalue weighted by atomic mass is 10.00. The van der Waals surface area contributed by atoms with E-state index in [2.05, 4.69) is 13.8 Å². The zero-order valence-electron chi connectivity index (χ0n) is 9.00. The molecule has 3 heteroatoms. The quantitative estimate of drug-likeness (QED) is 0.832. The van der Waals surface area contributed by atoms with Gasteiger partial charge in [0, 0.05) is 5.56 Å². The van der Waals surface area contributed by atoms with Crippen LogP contribution >= 0.6 is 23.2 Å². The fourth-order valence-electron chi connectivity index (χ4n) is 1.42. The van der Waals surface area contributed by atoms with Gasteiger partial charge in [0.25, 0.3) is 0 Å². The minimum absolute atomic E-state index is 0.468. The van der Waals surface area contributed by atoms with Gasteiger partial charge in [0.2, 0.25) is 0 Å². The summed E-state index contributed by atoms with van der Waals surface area (Å²) in [6, 6.07) is 5.35. The molecule has 0 fully saturated rings. The van der Waals surface area contributed by atoms with Crippen molar-refractivity contribution in [2.75, 3.05) is 0 Å². The van der Waals surface area contributed by atoms with Crippen LogP contribution in [-0.2, 0) is 0 Å². The first-order chi connectivity index (χ1) is 7.02. The number of rotatable bonds is 4. The molecule has 0 saturated carbocycles. The summed E-state index contributed by atoms with van der Waals surface area (Å²) in [4.78, 5) is 0. The number of halogens is 2. The van der Waals surface area contributed by atoms with E-state index in [4.69, 9.17) is 23.2 Å². The zero-order valence-corrected chi connectivity index (χ0v) is 10.5. The maximum atomic E-state index is 9.93. The molecule has 1 atom stereocenters. The second kappa shape index (κ2) is 5.74. The van der Waals surface area contributed by atoms with Gasteiger partial charge in [-0.3, -0.25) is 0 Å². The minimum atomic E-state index is -0.515. The average Bonchev–Trinajstić information content (AvgIpc) is 2.18. The Kier molecular flexibility index (Phi) is 4.91. The fourth-order valence-corrected chi connectivity index (χ4v) is 1.86. The van der Waals surface area contributed by atoms with Gasteiger partial charge in [0.15, 0.2) is 0 Å². The molecule has 0 aromatic heterocycles. The first-order valence-corrected chi connectivity index (χ1v) is 5.90. The SMILES string of the molecule is CC(C)CCC(O)c1cccc(Cl)c1Cl. The Morgan fingerprint density at radius 1 is 1.20 bits per heavy atom. The molecule has 1 nitrogen and oxygen atoms in total. The Hall–Kier alpha value is -0.240. The van der Waals surface area contributed by atoms with Crippen LogP contribution in [0.2, 0.25) is 10.0 Å². The number of aliphatic hydroxyl groups excluding tert-OH is 1. The molecule has 15 heavy (non-hydrogen) atoms. The molecule has 1 N–H and O–H groups in total. The van der Waals surface area contributed by atoms with Crippen LogP contribution in [0.5, 0.6) is 0 Å². The normalized spacial score (nSPS) is 13.2. The smallest absolute Gasteiger partial charge is 0.0805 e. The second-order valence-corrected chi connectivity index (χ2v) is 4.92. The molecule has 1 aromatic carbocycles. The van der Waals surface area contributed by atoms with Crippen LogP contribution in [0.3, 0.4) is 0 Å². The topological polar surface area (TPSA) is 20.2 Å². The van der Waals surface area contributed by atoms with Gasteiger partial charge in [-0.2, -0.15) is 0 Å². The highest BCUT2D eigenvalue weighted by Gasteiger charge is 2.13. The van der Waals surface area contributed by atoms with Gasteiger partial charge in [0.1, 0.15) is 0 Å². The van der Waals surface area contributed by atoms with Gasteiger partial charge in [0.05, 0.1) is 16.1 Å². The van der Waals surface area contributed by atoms with Crippen molar-refractivity contribution in [3.05, 3.63) is 33.8 Å². The van der Waals surface area contributed by atoms with E-state index in [0.717, 1.165) is 18.4 Å². The minimum Gasteiger partial charge on any atom is -0.388 e. The van der Waals surface area contributed by atoms with Crippen LogP contribution in [0.4, 0.5) is 0 Å². The first kappa shape index (κ1) is 12.8. The summed E-state index contributed by atoms with van der Waals surface area (Å²) >= 11 is 11.9. The van der Waals surface area contributed by atoms with E-state index >= 15 is 0 Å². The lowest BCUT2D eigenvalue weighted by Gasteiger charge is -2.14. The standard InChI is InChI=1S/C12H16Cl2O/c1-8(2)6-7-11(15)9-4-3-5-10(13)12(9)14/h3-5,8,11,15H,6-7H2,1-2H3. The summed E-state index contributed by atoms with van der Waals surface area (Å²) in [5, 5.41) is 10.9. The van der Waals surface area contributed by atoms with Gasteiger partial charge in [-0.15, -0.1) is 0 Å². The van der Waals surface area contributed by atoms with Gasteiger partial charge >= 0.3 is 0 Å². The van der Waals surface area contributed by atoms with Crippen molar-refractivity contribution >= 4 is 23.2 Å². The molecule has 0 aliphatic carbocycles. The Labute approximate surface area is 101 Å². The summed E-state index contributed by atoms with van der Waals surface area (Å²) < 4.78 is 0. The van der Waals surface area contributed by atoms with Crippen LogP contribution in [0.25, 0.3) is 0 Å². The van der Waals surface area contributed by atoms with E-state index < -0.39 is 6.10 Å². The van der Waals surface area contributed by atoms with Crippen LogP contribution in [0.15, 0.2) is 18.2 Å². The Morgan fingerprint density at radius 3 is 2.47 bits per heavy atom. The molecule has 0 aliphatic heterocycles. The largest absolute Gasteiger partial charge is 0.388 e. The second-order valence-electron chi connectivity index (χ2n) is 4.13. The van der Waals surface area contributed by atoms with Crippen molar-refractivity contribution in [3.63, 3.8) is 0 Å². The molecule has 0 heterocycles. The van der Waals surface area contributed by atoms with Crippen LogP contribution in [-0.4, -0.2) is 5.11 Å². The average molecular weight is 247 g/mol. The van der Waals surface area contributed by atoms with Crippen molar-refractivity contribution in [1.29, 1.82) is 0 Å². The van der Waals surface area contributed by atoms with Crippen LogP contribution in [0, 0.1) is 5.92 Å². The van der Waals surface area contributed by atoms with Gasteiger partial charge in [-0.25, -0.2) is 0 Å².